The van der Waals surface area contributed by atoms with Gasteiger partial charge in [-0.3, -0.25) is 4.79 Å². The van der Waals surface area contributed by atoms with Crippen LogP contribution < -0.4 is 11.1 Å². The number of carbonyl (C=O) groups is 1. The van der Waals surface area contributed by atoms with Gasteiger partial charge in [0, 0.05) is 38.1 Å². The topological polar surface area (TPSA) is 58.4 Å². The number of nitrogens with zero attached hydrogens (tertiary/aromatic N) is 1. The summed E-state index contributed by atoms with van der Waals surface area (Å²) in [6.45, 7) is 10.3. The van der Waals surface area contributed by atoms with Crippen molar-refractivity contribution in [2.75, 3.05) is 19.6 Å². The minimum atomic E-state index is 0.183. The standard InChI is InChI=1S/C9H19N3O.C2H6/c1-7-5-12(6-8(2)11-7)9(13)3-4-10;1-2/h7-8,11H,3-6,10H2,1-2H3;1-2H3. The van der Waals surface area contributed by atoms with Gasteiger partial charge < -0.3 is 16.0 Å². The molecule has 0 bridgehead atoms. The number of amides is 1. The first-order valence-corrected chi connectivity index (χ1v) is 5.87. The van der Waals surface area contributed by atoms with Crippen molar-refractivity contribution in [1.29, 1.82) is 0 Å². The lowest BCUT2D eigenvalue weighted by Crippen LogP contribution is -2.56. The second kappa shape index (κ2) is 7.65. The van der Waals surface area contributed by atoms with Crippen molar-refractivity contribution in [3.05, 3.63) is 0 Å². The first-order valence-electron chi connectivity index (χ1n) is 5.87. The van der Waals surface area contributed by atoms with Crippen LogP contribution in [0.5, 0.6) is 0 Å². The average Bonchev–Trinajstić information content (AvgIpc) is 2.20. The van der Waals surface area contributed by atoms with Crippen molar-refractivity contribution < 1.29 is 4.79 Å². The van der Waals surface area contributed by atoms with E-state index in [0.29, 0.717) is 25.0 Å². The normalized spacial score (nSPS) is 25.5. The monoisotopic (exact) mass is 215 g/mol. The number of piperazine rings is 1. The fourth-order valence-electron chi connectivity index (χ4n) is 1.81. The van der Waals surface area contributed by atoms with E-state index in [9.17, 15) is 4.79 Å². The molecular weight excluding hydrogens is 190 g/mol. The molecule has 0 aromatic carbocycles. The molecule has 1 rings (SSSR count). The molecule has 2 atom stereocenters. The molecule has 1 fully saturated rings. The highest BCUT2D eigenvalue weighted by Gasteiger charge is 2.23. The van der Waals surface area contributed by atoms with E-state index in [-0.39, 0.29) is 5.91 Å². The molecule has 4 heteroatoms. The van der Waals surface area contributed by atoms with Crippen LogP contribution in [-0.4, -0.2) is 42.5 Å². The molecule has 0 aliphatic carbocycles. The molecule has 1 saturated heterocycles. The van der Waals surface area contributed by atoms with E-state index in [1.54, 1.807) is 0 Å². The lowest BCUT2D eigenvalue weighted by atomic mass is 10.1. The molecule has 1 aliphatic rings. The molecule has 0 aromatic rings. The lowest BCUT2D eigenvalue weighted by Gasteiger charge is -2.36. The van der Waals surface area contributed by atoms with Gasteiger partial charge in [-0.2, -0.15) is 0 Å². The third-order valence-electron chi connectivity index (χ3n) is 2.27. The van der Waals surface area contributed by atoms with Gasteiger partial charge in [0.2, 0.25) is 5.91 Å². The predicted molar refractivity (Wildman–Crippen MR) is 63.7 cm³/mol. The average molecular weight is 215 g/mol. The summed E-state index contributed by atoms with van der Waals surface area (Å²) < 4.78 is 0. The summed E-state index contributed by atoms with van der Waals surface area (Å²) in [5, 5.41) is 3.38. The molecule has 2 unspecified atom stereocenters. The van der Waals surface area contributed by atoms with E-state index in [0.717, 1.165) is 13.1 Å². The quantitative estimate of drug-likeness (QED) is 0.708. The van der Waals surface area contributed by atoms with Crippen LogP contribution in [0.3, 0.4) is 0 Å². The summed E-state index contributed by atoms with van der Waals surface area (Å²) in [6.07, 6.45) is 0.472. The van der Waals surface area contributed by atoms with Crippen LogP contribution in [-0.2, 0) is 4.79 Å². The Morgan fingerprint density at radius 1 is 1.33 bits per heavy atom. The Bertz CT molecular complexity index is 175. The Morgan fingerprint density at radius 3 is 2.20 bits per heavy atom. The second-order valence-corrected chi connectivity index (χ2v) is 3.81. The van der Waals surface area contributed by atoms with Gasteiger partial charge in [-0.25, -0.2) is 0 Å². The van der Waals surface area contributed by atoms with Crippen molar-refractivity contribution >= 4 is 5.91 Å². The van der Waals surface area contributed by atoms with E-state index in [1.165, 1.54) is 0 Å². The van der Waals surface area contributed by atoms with Crippen molar-refractivity contribution in [1.82, 2.24) is 10.2 Å². The highest BCUT2D eigenvalue weighted by atomic mass is 16.2. The van der Waals surface area contributed by atoms with Crippen molar-refractivity contribution in [3.63, 3.8) is 0 Å². The molecule has 3 N–H and O–H groups in total. The highest BCUT2D eigenvalue weighted by Crippen LogP contribution is 2.05. The van der Waals surface area contributed by atoms with Gasteiger partial charge in [0.15, 0.2) is 0 Å². The van der Waals surface area contributed by atoms with Crippen LogP contribution in [0, 0.1) is 0 Å². The fourth-order valence-corrected chi connectivity index (χ4v) is 1.81. The maximum atomic E-state index is 11.5. The Balaban J connectivity index is 0.000000921. The van der Waals surface area contributed by atoms with E-state index in [1.807, 2.05) is 18.7 Å². The molecule has 1 amide bonds. The first kappa shape index (κ1) is 14.4. The van der Waals surface area contributed by atoms with Gasteiger partial charge in [0.1, 0.15) is 0 Å². The predicted octanol–water partition coefficient (Wildman–Crippen LogP) is 0.570. The molecular formula is C11H25N3O. The molecule has 4 nitrogen and oxygen atoms in total. The maximum absolute atomic E-state index is 11.5. The molecule has 15 heavy (non-hydrogen) atoms. The molecule has 1 aliphatic heterocycles. The number of hydrogen-bond acceptors (Lipinski definition) is 3. The lowest BCUT2D eigenvalue weighted by molar-refractivity contribution is -0.132. The van der Waals surface area contributed by atoms with Crippen LogP contribution in [0.15, 0.2) is 0 Å². The second-order valence-electron chi connectivity index (χ2n) is 3.81. The Labute approximate surface area is 93.2 Å². The number of carbonyl (C=O) groups excluding carboxylic acids is 1. The van der Waals surface area contributed by atoms with Gasteiger partial charge in [-0.05, 0) is 13.8 Å². The van der Waals surface area contributed by atoms with Crippen molar-refractivity contribution in [2.24, 2.45) is 5.73 Å². The third kappa shape index (κ3) is 5.14. The van der Waals surface area contributed by atoms with Gasteiger partial charge in [-0.1, -0.05) is 13.8 Å². The van der Waals surface area contributed by atoms with Crippen LogP contribution in [0.2, 0.25) is 0 Å². The summed E-state index contributed by atoms with van der Waals surface area (Å²) in [6, 6.07) is 0.788. The van der Waals surface area contributed by atoms with Gasteiger partial charge in [0.25, 0.3) is 0 Å². The van der Waals surface area contributed by atoms with Crippen molar-refractivity contribution in [2.45, 2.75) is 46.2 Å². The summed E-state index contributed by atoms with van der Waals surface area (Å²) in [5.74, 6) is 0.183. The Kier molecular flexibility index (Phi) is 7.34. The van der Waals surface area contributed by atoms with Gasteiger partial charge in [0.05, 0.1) is 0 Å². The first-order chi connectivity index (χ1) is 7.13. The molecule has 0 radical (unpaired) electrons. The van der Waals surface area contributed by atoms with Crippen molar-refractivity contribution in [3.8, 4) is 0 Å². The number of nitrogens with two attached hydrogens (primary N) is 1. The smallest absolute Gasteiger partial charge is 0.223 e. The zero-order valence-electron chi connectivity index (χ0n) is 10.4. The molecule has 0 spiro atoms. The van der Waals surface area contributed by atoms with Gasteiger partial charge >= 0.3 is 0 Å². The van der Waals surface area contributed by atoms with Crippen LogP contribution in [0.1, 0.15) is 34.1 Å². The molecule has 1 heterocycles. The maximum Gasteiger partial charge on any atom is 0.223 e. The zero-order valence-corrected chi connectivity index (χ0v) is 10.4. The molecule has 90 valence electrons. The zero-order chi connectivity index (χ0) is 11.8. The summed E-state index contributed by atoms with van der Waals surface area (Å²) in [7, 11) is 0. The number of hydrogen-bond donors (Lipinski definition) is 2. The Hall–Kier alpha value is -0.610. The third-order valence-corrected chi connectivity index (χ3v) is 2.27. The number of rotatable bonds is 2. The van der Waals surface area contributed by atoms with Crippen LogP contribution in [0.25, 0.3) is 0 Å². The van der Waals surface area contributed by atoms with E-state index in [2.05, 4.69) is 19.2 Å². The Morgan fingerprint density at radius 2 is 1.80 bits per heavy atom. The van der Waals surface area contributed by atoms with E-state index in [4.69, 9.17) is 5.73 Å². The van der Waals surface area contributed by atoms with Gasteiger partial charge in [-0.15, -0.1) is 0 Å². The number of nitrogens with one attached hydrogen (secondary N) is 1. The largest absolute Gasteiger partial charge is 0.340 e. The minimum Gasteiger partial charge on any atom is -0.340 e. The van der Waals surface area contributed by atoms with Crippen LogP contribution in [0.4, 0.5) is 0 Å². The molecule has 0 saturated carbocycles. The molecule has 0 aromatic heterocycles. The summed E-state index contributed by atoms with van der Waals surface area (Å²) >= 11 is 0. The summed E-state index contributed by atoms with van der Waals surface area (Å²) in [4.78, 5) is 13.4. The van der Waals surface area contributed by atoms with Crippen LogP contribution >= 0.6 is 0 Å². The van der Waals surface area contributed by atoms with E-state index < -0.39 is 0 Å². The summed E-state index contributed by atoms with van der Waals surface area (Å²) in [5.41, 5.74) is 5.34. The van der Waals surface area contributed by atoms with E-state index >= 15 is 0 Å². The highest BCUT2D eigenvalue weighted by molar-refractivity contribution is 5.76. The SMILES string of the molecule is CC.CC1CN(C(=O)CCN)CC(C)N1. The fraction of sp³-hybridized carbons (Fsp3) is 0.909. The minimum absolute atomic E-state index is 0.183.